The molecule has 0 saturated carbocycles. The Bertz CT molecular complexity index is 126. The van der Waals surface area contributed by atoms with Crippen molar-refractivity contribution in [1.29, 1.82) is 0 Å². The number of rotatable bonds is 2. The van der Waals surface area contributed by atoms with Crippen LogP contribution in [0.2, 0.25) is 0 Å². The molecule has 2 fully saturated rings. The van der Waals surface area contributed by atoms with Gasteiger partial charge in [-0.25, -0.2) is 0 Å². The van der Waals surface area contributed by atoms with Crippen LogP contribution in [0.3, 0.4) is 0 Å². The molecule has 2 heteroatoms. The Hall–Kier alpha value is -0.0800. The van der Waals surface area contributed by atoms with Crippen molar-refractivity contribution in [3.63, 3.8) is 0 Å². The number of hydrogen-bond acceptors (Lipinski definition) is 2. The molecule has 0 spiro atoms. The van der Waals surface area contributed by atoms with E-state index in [2.05, 4.69) is 5.32 Å². The van der Waals surface area contributed by atoms with E-state index in [1.54, 1.807) is 0 Å². The van der Waals surface area contributed by atoms with Crippen LogP contribution in [0.1, 0.15) is 38.5 Å². The minimum atomic E-state index is 0.564. The summed E-state index contributed by atoms with van der Waals surface area (Å²) in [5.41, 5.74) is 0. The van der Waals surface area contributed by atoms with Gasteiger partial charge in [0.15, 0.2) is 0 Å². The molecule has 2 heterocycles. The molecule has 0 aromatic heterocycles. The highest BCUT2D eigenvalue weighted by molar-refractivity contribution is 4.78. The van der Waals surface area contributed by atoms with Gasteiger partial charge >= 0.3 is 0 Å². The fraction of sp³-hybridized carbons (Fsp3) is 1.00. The van der Waals surface area contributed by atoms with Crippen molar-refractivity contribution >= 4 is 0 Å². The Labute approximate surface area is 74.7 Å². The molecule has 2 atom stereocenters. The van der Waals surface area contributed by atoms with Crippen LogP contribution in [-0.2, 0) is 4.74 Å². The summed E-state index contributed by atoms with van der Waals surface area (Å²) in [6, 6.07) is 0.757. The second-order valence-corrected chi connectivity index (χ2v) is 4.02. The van der Waals surface area contributed by atoms with E-state index in [0.717, 1.165) is 12.6 Å². The van der Waals surface area contributed by atoms with Crippen molar-refractivity contribution in [1.82, 2.24) is 5.32 Å². The minimum absolute atomic E-state index is 0.564. The highest BCUT2D eigenvalue weighted by Gasteiger charge is 2.21. The number of hydrogen-bond donors (Lipinski definition) is 1. The molecule has 70 valence electrons. The van der Waals surface area contributed by atoms with E-state index >= 15 is 0 Å². The van der Waals surface area contributed by atoms with E-state index in [0.29, 0.717) is 6.10 Å². The Morgan fingerprint density at radius 2 is 2.17 bits per heavy atom. The molecule has 2 nitrogen and oxygen atoms in total. The second-order valence-electron chi connectivity index (χ2n) is 4.02. The van der Waals surface area contributed by atoms with Crippen molar-refractivity contribution in [2.45, 2.75) is 50.7 Å². The summed E-state index contributed by atoms with van der Waals surface area (Å²) in [6.45, 7) is 2.22. The maximum absolute atomic E-state index is 5.70. The molecule has 1 N–H and O–H groups in total. The highest BCUT2D eigenvalue weighted by atomic mass is 16.5. The molecular formula is C10H19NO. The van der Waals surface area contributed by atoms with Gasteiger partial charge in [0.25, 0.3) is 0 Å². The molecule has 0 radical (unpaired) electrons. The van der Waals surface area contributed by atoms with Gasteiger partial charge in [-0.05, 0) is 45.1 Å². The number of nitrogens with one attached hydrogen (secondary N) is 1. The van der Waals surface area contributed by atoms with Crippen LogP contribution in [0.4, 0.5) is 0 Å². The first kappa shape index (κ1) is 8.52. The molecule has 2 saturated heterocycles. The van der Waals surface area contributed by atoms with Gasteiger partial charge in [0.2, 0.25) is 0 Å². The molecule has 0 aromatic carbocycles. The Kier molecular flexibility index (Phi) is 3.01. The molecule has 12 heavy (non-hydrogen) atoms. The first-order valence-corrected chi connectivity index (χ1v) is 5.30. The molecule has 0 aliphatic carbocycles. The van der Waals surface area contributed by atoms with Crippen LogP contribution in [0.5, 0.6) is 0 Å². The lowest BCUT2D eigenvalue weighted by molar-refractivity contribution is 0.00634. The van der Waals surface area contributed by atoms with E-state index < -0.39 is 0 Å². The molecule has 0 bridgehead atoms. The van der Waals surface area contributed by atoms with E-state index in [1.807, 2.05) is 0 Å². The molecule has 2 aliphatic rings. The summed E-state index contributed by atoms with van der Waals surface area (Å²) in [4.78, 5) is 0. The van der Waals surface area contributed by atoms with Crippen LogP contribution < -0.4 is 5.32 Å². The summed E-state index contributed by atoms with van der Waals surface area (Å²) in [5, 5.41) is 3.52. The van der Waals surface area contributed by atoms with Crippen molar-refractivity contribution in [3.8, 4) is 0 Å². The Balaban J connectivity index is 1.69. The largest absolute Gasteiger partial charge is 0.378 e. The monoisotopic (exact) mass is 169 g/mol. The van der Waals surface area contributed by atoms with Crippen LogP contribution in [0, 0.1) is 0 Å². The maximum Gasteiger partial charge on any atom is 0.0590 e. The lowest BCUT2D eigenvalue weighted by atomic mass is 10.0. The average Bonchev–Trinajstić information content (AvgIpc) is 2.59. The van der Waals surface area contributed by atoms with Gasteiger partial charge in [-0.15, -0.1) is 0 Å². The summed E-state index contributed by atoms with van der Waals surface area (Å²) < 4.78 is 5.70. The third-order valence-electron chi connectivity index (χ3n) is 2.98. The summed E-state index contributed by atoms with van der Waals surface area (Å²) in [7, 11) is 0. The lowest BCUT2D eigenvalue weighted by Gasteiger charge is -2.25. The normalized spacial score (nSPS) is 37.0. The molecule has 2 aliphatic heterocycles. The highest BCUT2D eigenvalue weighted by Crippen LogP contribution is 2.20. The van der Waals surface area contributed by atoms with Crippen LogP contribution in [0.15, 0.2) is 0 Å². The minimum Gasteiger partial charge on any atom is -0.378 e. The zero-order chi connectivity index (χ0) is 8.23. The standard InChI is InChI=1S/C10H19NO/c1-2-7-12-10(5-1)8-9-4-3-6-11-9/h9-11H,1-8H2. The first-order valence-electron chi connectivity index (χ1n) is 5.30. The van der Waals surface area contributed by atoms with Crippen molar-refractivity contribution in [3.05, 3.63) is 0 Å². The smallest absolute Gasteiger partial charge is 0.0590 e. The molecule has 0 amide bonds. The van der Waals surface area contributed by atoms with Gasteiger partial charge in [0, 0.05) is 12.6 Å². The summed E-state index contributed by atoms with van der Waals surface area (Å²) in [6.07, 6.45) is 8.47. The van der Waals surface area contributed by atoms with Crippen molar-refractivity contribution in [2.75, 3.05) is 13.2 Å². The third kappa shape index (κ3) is 2.20. The topological polar surface area (TPSA) is 21.3 Å². The quantitative estimate of drug-likeness (QED) is 0.679. The van der Waals surface area contributed by atoms with E-state index in [4.69, 9.17) is 4.74 Å². The molecule has 2 unspecified atom stereocenters. The van der Waals surface area contributed by atoms with E-state index in [-0.39, 0.29) is 0 Å². The SMILES string of the molecule is C1CCC(CC2CCCN2)OC1. The van der Waals surface area contributed by atoms with Crippen molar-refractivity contribution < 1.29 is 4.74 Å². The van der Waals surface area contributed by atoms with Crippen molar-refractivity contribution in [2.24, 2.45) is 0 Å². The van der Waals surface area contributed by atoms with Crippen LogP contribution in [0.25, 0.3) is 0 Å². The van der Waals surface area contributed by atoms with Gasteiger partial charge in [-0.1, -0.05) is 0 Å². The first-order chi connectivity index (χ1) is 5.95. The van der Waals surface area contributed by atoms with Crippen LogP contribution in [-0.4, -0.2) is 25.3 Å². The zero-order valence-electron chi connectivity index (χ0n) is 7.72. The number of ether oxygens (including phenoxy) is 1. The second kappa shape index (κ2) is 4.24. The molecule has 0 aromatic rings. The third-order valence-corrected chi connectivity index (χ3v) is 2.98. The fourth-order valence-corrected chi connectivity index (χ4v) is 2.27. The maximum atomic E-state index is 5.70. The summed E-state index contributed by atoms with van der Waals surface area (Å²) in [5.74, 6) is 0. The predicted molar refractivity (Wildman–Crippen MR) is 49.2 cm³/mol. The molecular weight excluding hydrogens is 150 g/mol. The average molecular weight is 169 g/mol. The van der Waals surface area contributed by atoms with Gasteiger partial charge in [0.05, 0.1) is 6.10 Å². The van der Waals surface area contributed by atoms with Gasteiger partial charge in [-0.3, -0.25) is 0 Å². The fourth-order valence-electron chi connectivity index (χ4n) is 2.27. The Morgan fingerprint density at radius 3 is 2.83 bits per heavy atom. The summed E-state index contributed by atoms with van der Waals surface area (Å²) >= 11 is 0. The van der Waals surface area contributed by atoms with E-state index in [9.17, 15) is 0 Å². The molecule has 2 rings (SSSR count). The predicted octanol–water partition coefficient (Wildman–Crippen LogP) is 1.70. The lowest BCUT2D eigenvalue weighted by Crippen LogP contribution is -2.30. The van der Waals surface area contributed by atoms with E-state index in [1.165, 1.54) is 45.1 Å². The zero-order valence-corrected chi connectivity index (χ0v) is 7.72. The van der Waals surface area contributed by atoms with Gasteiger partial charge < -0.3 is 10.1 Å². The van der Waals surface area contributed by atoms with Gasteiger partial charge in [-0.2, -0.15) is 0 Å². The Morgan fingerprint density at radius 1 is 1.17 bits per heavy atom. The van der Waals surface area contributed by atoms with Crippen LogP contribution >= 0.6 is 0 Å². The van der Waals surface area contributed by atoms with Gasteiger partial charge in [0.1, 0.15) is 0 Å².